The first-order chi connectivity index (χ1) is 11.8. The molecule has 2 amide bonds. The number of rotatable bonds is 7. The molecular weight excluding hydrogens is 385 g/mol. The largest absolute Gasteiger partial charge is 0.479 e. The number of amides is 2. The first-order valence-corrected chi connectivity index (χ1v) is 9.01. The Labute approximate surface area is 162 Å². The Morgan fingerprint density at radius 1 is 1.24 bits per heavy atom. The molecule has 0 saturated carbocycles. The highest BCUT2D eigenvalue weighted by Crippen LogP contribution is 2.28. The number of hydrazine groups is 1. The average Bonchev–Trinajstić information content (AvgIpc) is 2.55. The fraction of sp³-hybridized carbons (Fsp3) is 0.438. The molecule has 138 valence electrons. The van der Waals surface area contributed by atoms with Gasteiger partial charge < -0.3 is 10.1 Å². The lowest BCUT2D eigenvalue weighted by Gasteiger charge is -2.17. The third kappa shape index (κ3) is 8.38. The van der Waals surface area contributed by atoms with E-state index in [9.17, 15) is 9.59 Å². The summed E-state index contributed by atoms with van der Waals surface area (Å²) in [5.41, 5.74) is 4.83. The van der Waals surface area contributed by atoms with Crippen molar-refractivity contribution in [3.05, 3.63) is 28.2 Å². The van der Waals surface area contributed by atoms with Gasteiger partial charge in [0.25, 0.3) is 5.91 Å². The summed E-state index contributed by atoms with van der Waals surface area (Å²) in [6, 6.07) is 4.70. The van der Waals surface area contributed by atoms with Crippen molar-refractivity contribution in [2.45, 2.75) is 45.6 Å². The first-order valence-electron chi connectivity index (χ1n) is 7.84. The van der Waals surface area contributed by atoms with Gasteiger partial charge in [0.1, 0.15) is 5.75 Å². The van der Waals surface area contributed by atoms with E-state index in [1.807, 2.05) is 0 Å². The highest BCUT2D eigenvalue weighted by molar-refractivity contribution is 7.80. The molecule has 1 aromatic carbocycles. The third-order valence-electron chi connectivity index (χ3n) is 3.13. The molecule has 6 nitrogen and oxygen atoms in total. The van der Waals surface area contributed by atoms with Crippen LogP contribution in [0.15, 0.2) is 18.2 Å². The average molecular weight is 406 g/mol. The fourth-order valence-corrected chi connectivity index (χ4v) is 2.41. The van der Waals surface area contributed by atoms with E-state index < -0.39 is 12.0 Å². The van der Waals surface area contributed by atoms with Crippen LogP contribution in [0.3, 0.4) is 0 Å². The molecule has 0 unspecified atom stereocenters. The van der Waals surface area contributed by atoms with Gasteiger partial charge >= 0.3 is 0 Å². The van der Waals surface area contributed by atoms with E-state index in [1.165, 1.54) is 6.07 Å². The number of halogens is 2. The number of thiocarbonyl (C=S) groups is 1. The number of carbonyl (C=O) groups is 2. The van der Waals surface area contributed by atoms with Crippen molar-refractivity contribution < 1.29 is 14.3 Å². The van der Waals surface area contributed by atoms with Crippen molar-refractivity contribution in [2.75, 3.05) is 0 Å². The van der Waals surface area contributed by atoms with Crippen LogP contribution in [0, 0.1) is 0 Å². The standard InChI is InChI=1S/C16H21Cl2N3O3S/c1-3-4-5-6-14(22)19-16(25)21-20-15(23)10(2)24-13-8-7-11(17)9-12(13)18/h7-10H,3-6H2,1-2H3,(H,20,23)(H2,19,21,22,25)/t10-/m1/s1. The zero-order chi connectivity index (χ0) is 18.8. The molecule has 1 atom stereocenters. The molecule has 0 aromatic heterocycles. The summed E-state index contributed by atoms with van der Waals surface area (Å²) in [6.45, 7) is 3.61. The Kier molecular flexibility index (Phi) is 9.55. The Hall–Kier alpha value is -1.57. The molecule has 0 saturated heterocycles. The van der Waals surface area contributed by atoms with E-state index in [0.29, 0.717) is 22.2 Å². The predicted molar refractivity (Wildman–Crippen MR) is 103 cm³/mol. The predicted octanol–water partition coefficient (Wildman–Crippen LogP) is 3.36. The lowest BCUT2D eigenvalue weighted by molar-refractivity contribution is -0.128. The van der Waals surface area contributed by atoms with Gasteiger partial charge in [0.15, 0.2) is 11.2 Å². The van der Waals surface area contributed by atoms with Crippen LogP contribution in [0.2, 0.25) is 10.0 Å². The van der Waals surface area contributed by atoms with Crippen molar-refractivity contribution in [1.29, 1.82) is 0 Å². The normalized spacial score (nSPS) is 11.4. The summed E-state index contributed by atoms with van der Waals surface area (Å²) in [7, 11) is 0. The van der Waals surface area contributed by atoms with Crippen molar-refractivity contribution in [2.24, 2.45) is 0 Å². The van der Waals surface area contributed by atoms with Crippen LogP contribution < -0.4 is 20.9 Å². The number of nitrogens with one attached hydrogen (secondary N) is 3. The monoisotopic (exact) mass is 405 g/mol. The van der Waals surface area contributed by atoms with Gasteiger partial charge in [0.05, 0.1) is 5.02 Å². The van der Waals surface area contributed by atoms with Crippen LogP contribution in [-0.2, 0) is 9.59 Å². The van der Waals surface area contributed by atoms with Crippen molar-refractivity contribution in [1.82, 2.24) is 16.2 Å². The van der Waals surface area contributed by atoms with Gasteiger partial charge in [-0.2, -0.15) is 0 Å². The summed E-state index contributed by atoms with van der Waals surface area (Å²) in [4.78, 5) is 23.6. The SMILES string of the molecule is CCCCCC(=O)NC(=S)NNC(=O)[C@@H](C)Oc1ccc(Cl)cc1Cl. The summed E-state index contributed by atoms with van der Waals surface area (Å²) < 4.78 is 5.47. The third-order valence-corrected chi connectivity index (χ3v) is 3.86. The van der Waals surface area contributed by atoms with Gasteiger partial charge in [-0.25, -0.2) is 0 Å². The molecule has 0 radical (unpaired) electrons. The molecular formula is C16H21Cl2N3O3S. The van der Waals surface area contributed by atoms with Crippen LogP contribution in [0.1, 0.15) is 39.5 Å². The maximum Gasteiger partial charge on any atom is 0.279 e. The van der Waals surface area contributed by atoms with Crippen molar-refractivity contribution in [3.63, 3.8) is 0 Å². The smallest absolute Gasteiger partial charge is 0.279 e. The molecule has 1 rings (SSSR count). The van der Waals surface area contributed by atoms with Gasteiger partial charge in [0.2, 0.25) is 5.91 Å². The topological polar surface area (TPSA) is 79.5 Å². The van der Waals surface area contributed by atoms with E-state index in [-0.39, 0.29) is 11.0 Å². The quantitative estimate of drug-likeness (QED) is 0.368. The zero-order valence-corrected chi connectivity index (χ0v) is 16.4. The number of ether oxygens (including phenoxy) is 1. The van der Waals surface area contributed by atoms with Crippen LogP contribution >= 0.6 is 35.4 Å². The fourth-order valence-electron chi connectivity index (χ4n) is 1.79. The van der Waals surface area contributed by atoms with E-state index >= 15 is 0 Å². The van der Waals surface area contributed by atoms with Crippen LogP contribution in [0.25, 0.3) is 0 Å². The molecule has 0 fully saturated rings. The number of benzene rings is 1. The van der Waals surface area contributed by atoms with Crippen molar-refractivity contribution >= 4 is 52.3 Å². The Balaban J connectivity index is 2.37. The number of hydrogen-bond acceptors (Lipinski definition) is 4. The Morgan fingerprint density at radius 2 is 1.96 bits per heavy atom. The maximum atomic E-state index is 12.0. The second kappa shape index (κ2) is 11.1. The minimum Gasteiger partial charge on any atom is -0.479 e. The molecule has 25 heavy (non-hydrogen) atoms. The number of unbranched alkanes of at least 4 members (excludes halogenated alkanes) is 2. The highest BCUT2D eigenvalue weighted by Gasteiger charge is 2.16. The Bertz CT molecular complexity index is 629. The second-order valence-corrected chi connectivity index (χ2v) is 6.54. The molecule has 0 aliphatic rings. The molecule has 1 aromatic rings. The van der Waals surface area contributed by atoms with Gasteiger partial charge in [-0.3, -0.25) is 20.4 Å². The van der Waals surface area contributed by atoms with E-state index in [1.54, 1.807) is 19.1 Å². The van der Waals surface area contributed by atoms with Gasteiger partial charge in [-0.1, -0.05) is 43.0 Å². The lowest BCUT2D eigenvalue weighted by atomic mass is 10.2. The van der Waals surface area contributed by atoms with Gasteiger partial charge in [-0.15, -0.1) is 0 Å². The van der Waals surface area contributed by atoms with E-state index in [4.69, 9.17) is 40.2 Å². The molecule has 3 N–H and O–H groups in total. The van der Waals surface area contributed by atoms with Crippen molar-refractivity contribution in [3.8, 4) is 5.75 Å². The molecule has 0 heterocycles. The summed E-state index contributed by atoms with van der Waals surface area (Å²) >= 11 is 16.7. The van der Waals surface area contributed by atoms with Gasteiger partial charge in [-0.05, 0) is 43.8 Å². The summed E-state index contributed by atoms with van der Waals surface area (Å²) in [5.74, 6) is -0.341. The minimum atomic E-state index is -0.839. The van der Waals surface area contributed by atoms with Gasteiger partial charge in [0, 0.05) is 11.4 Å². The first kappa shape index (κ1) is 21.5. The highest BCUT2D eigenvalue weighted by atomic mass is 35.5. The van der Waals surface area contributed by atoms with E-state index in [0.717, 1.165) is 19.3 Å². The maximum absolute atomic E-state index is 12.0. The molecule has 0 spiro atoms. The molecule has 0 aliphatic carbocycles. The molecule has 9 heteroatoms. The minimum absolute atomic E-state index is 0.0200. The number of hydrogen-bond donors (Lipinski definition) is 3. The van der Waals surface area contributed by atoms with Crippen LogP contribution in [0.4, 0.5) is 0 Å². The summed E-state index contributed by atoms with van der Waals surface area (Å²) in [5, 5.41) is 3.28. The Morgan fingerprint density at radius 3 is 2.60 bits per heavy atom. The molecule has 0 bridgehead atoms. The lowest BCUT2D eigenvalue weighted by Crippen LogP contribution is -2.51. The second-order valence-electron chi connectivity index (χ2n) is 5.28. The summed E-state index contributed by atoms with van der Waals surface area (Å²) in [6.07, 6.45) is 2.35. The van der Waals surface area contributed by atoms with E-state index in [2.05, 4.69) is 23.1 Å². The van der Waals surface area contributed by atoms with Crippen LogP contribution in [0.5, 0.6) is 5.75 Å². The van der Waals surface area contributed by atoms with Crippen LogP contribution in [-0.4, -0.2) is 23.0 Å². The number of carbonyl (C=O) groups excluding carboxylic acids is 2. The zero-order valence-electron chi connectivity index (χ0n) is 14.0. The molecule has 0 aliphatic heterocycles.